The van der Waals surface area contributed by atoms with Crippen LogP contribution in [0.25, 0.3) is 11.3 Å². The molecule has 1 N–H and O–H groups in total. The average Bonchev–Trinajstić information content (AvgIpc) is 2.89. The smallest absolute Gasteiger partial charge is 0.258 e. The predicted molar refractivity (Wildman–Crippen MR) is 94.4 cm³/mol. The van der Waals surface area contributed by atoms with Gasteiger partial charge in [-0.2, -0.15) is 0 Å². The molecule has 1 amide bonds. The summed E-state index contributed by atoms with van der Waals surface area (Å²) in [6, 6.07) is 17.3. The zero-order valence-corrected chi connectivity index (χ0v) is 14.2. The van der Waals surface area contributed by atoms with Gasteiger partial charge in [-0.05, 0) is 35.0 Å². The summed E-state index contributed by atoms with van der Waals surface area (Å²) in [5.41, 5.74) is 2.56. The Balaban J connectivity index is 1.86. The molecule has 5 heteroatoms. The van der Waals surface area contributed by atoms with E-state index in [-0.39, 0.29) is 5.91 Å². The number of aromatic nitrogens is 1. The Labute approximate surface area is 141 Å². The highest BCUT2D eigenvalue weighted by Crippen LogP contribution is 2.30. The van der Waals surface area contributed by atoms with E-state index in [1.807, 2.05) is 55.5 Å². The quantitative estimate of drug-likeness (QED) is 0.691. The van der Waals surface area contributed by atoms with Crippen LogP contribution in [0.4, 0.5) is 5.13 Å². The van der Waals surface area contributed by atoms with Gasteiger partial charge in [0.15, 0.2) is 5.13 Å². The van der Waals surface area contributed by atoms with Gasteiger partial charge in [0, 0.05) is 14.9 Å². The molecule has 0 unspecified atom stereocenters. The summed E-state index contributed by atoms with van der Waals surface area (Å²) < 4.78 is 0.768. The molecule has 0 spiro atoms. The van der Waals surface area contributed by atoms with Crippen molar-refractivity contribution in [3.63, 3.8) is 0 Å². The molecule has 0 aliphatic rings. The van der Waals surface area contributed by atoms with Crippen molar-refractivity contribution >= 4 is 38.3 Å². The molecule has 3 nitrogen and oxygen atoms in total. The molecule has 22 heavy (non-hydrogen) atoms. The second-order valence-corrected chi connectivity index (χ2v) is 6.78. The first-order valence-corrected chi connectivity index (χ1v) is 8.35. The van der Waals surface area contributed by atoms with E-state index in [0.717, 1.165) is 20.6 Å². The molecule has 0 saturated carbocycles. The number of aryl methyl sites for hydroxylation is 1. The molecule has 0 bridgehead atoms. The van der Waals surface area contributed by atoms with Gasteiger partial charge in [0.1, 0.15) is 0 Å². The van der Waals surface area contributed by atoms with Gasteiger partial charge in [0.05, 0.1) is 11.3 Å². The summed E-state index contributed by atoms with van der Waals surface area (Å²) in [4.78, 5) is 17.9. The van der Waals surface area contributed by atoms with Gasteiger partial charge < -0.3 is 0 Å². The van der Waals surface area contributed by atoms with Crippen molar-refractivity contribution in [2.45, 2.75) is 6.92 Å². The number of halogens is 1. The molecule has 0 fully saturated rings. The van der Waals surface area contributed by atoms with E-state index >= 15 is 0 Å². The first kappa shape index (κ1) is 14.9. The fourth-order valence-electron chi connectivity index (χ4n) is 2.12. The molecule has 0 saturated heterocycles. The number of anilines is 1. The second-order valence-electron chi connectivity index (χ2n) is 4.72. The summed E-state index contributed by atoms with van der Waals surface area (Å²) in [6.07, 6.45) is 0. The van der Waals surface area contributed by atoms with Crippen LogP contribution < -0.4 is 5.32 Å². The van der Waals surface area contributed by atoms with E-state index in [1.54, 1.807) is 6.07 Å². The fourth-order valence-corrected chi connectivity index (χ4v) is 3.42. The maximum absolute atomic E-state index is 12.3. The van der Waals surface area contributed by atoms with E-state index in [4.69, 9.17) is 0 Å². The SMILES string of the molecule is Cc1sc(NC(=O)c2ccccc2Br)nc1-c1ccccc1. The first-order chi connectivity index (χ1) is 10.6. The number of thiazole rings is 1. The van der Waals surface area contributed by atoms with Crippen LogP contribution in [-0.4, -0.2) is 10.9 Å². The van der Waals surface area contributed by atoms with Crippen LogP contribution in [0.1, 0.15) is 15.2 Å². The number of hydrogen-bond donors (Lipinski definition) is 1. The molecule has 1 heterocycles. The van der Waals surface area contributed by atoms with E-state index in [0.29, 0.717) is 10.7 Å². The lowest BCUT2D eigenvalue weighted by molar-refractivity contribution is 0.102. The van der Waals surface area contributed by atoms with Crippen LogP contribution in [-0.2, 0) is 0 Å². The van der Waals surface area contributed by atoms with Gasteiger partial charge in [-0.25, -0.2) is 4.98 Å². The number of nitrogens with zero attached hydrogens (tertiary/aromatic N) is 1. The normalized spacial score (nSPS) is 10.5. The standard InChI is InChI=1S/C17H13BrN2OS/c1-11-15(12-7-3-2-4-8-12)19-17(22-11)20-16(21)13-9-5-6-10-14(13)18/h2-10H,1H3,(H,19,20,21). The number of nitrogens with one attached hydrogen (secondary N) is 1. The lowest BCUT2D eigenvalue weighted by Gasteiger charge is -2.03. The van der Waals surface area contributed by atoms with Crippen molar-refractivity contribution in [2.24, 2.45) is 0 Å². The Morgan fingerprint density at radius 3 is 2.50 bits per heavy atom. The molecular formula is C17H13BrN2OS. The fraction of sp³-hybridized carbons (Fsp3) is 0.0588. The highest BCUT2D eigenvalue weighted by atomic mass is 79.9. The molecule has 0 atom stereocenters. The number of hydrogen-bond acceptors (Lipinski definition) is 3. The van der Waals surface area contributed by atoms with Crippen molar-refractivity contribution in [2.75, 3.05) is 5.32 Å². The number of rotatable bonds is 3. The zero-order chi connectivity index (χ0) is 15.5. The monoisotopic (exact) mass is 372 g/mol. The minimum Gasteiger partial charge on any atom is -0.298 e. The molecule has 1 aromatic heterocycles. The van der Waals surface area contributed by atoms with Crippen molar-refractivity contribution < 1.29 is 4.79 Å². The summed E-state index contributed by atoms with van der Waals surface area (Å²) in [5, 5.41) is 3.48. The van der Waals surface area contributed by atoms with Crippen LogP contribution in [0.5, 0.6) is 0 Å². The molecule has 2 aromatic carbocycles. The van der Waals surface area contributed by atoms with Gasteiger partial charge in [-0.1, -0.05) is 42.5 Å². The predicted octanol–water partition coefficient (Wildman–Crippen LogP) is 5.13. The van der Waals surface area contributed by atoms with Gasteiger partial charge in [0.25, 0.3) is 5.91 Å². The minimum atomic E-state index is -0.166. The van der Waals surface area contributed by atoms with E-state index < -0.39 is 0 Å². The van der Waals surface area contributed by atoms with Gasteiger partial charge in [-0.3, -0.25) is 10.1 Å². The minimum absolute atomic E-state index is 0.166. The molecule has 3 rings (SSSR count). The molecule has 3 aromatic rings. The highest BCUT2D eigenvalue weighted by molar-refractivity contribution is 9.10. The van der Waals surface area contributed by atoms with E-state index in [2.05, 4.69) is 26.2 Å². The molecule has 0 aliphatic carbocycles. The third-order valence-electron chi connectivity index (χ3n) is 3.18. The Hall–Kier alpha value is -1.98. The van der Waals surface area contributed by atoms with Crippen LogP contribution in [0, 0.1) is 6.92 Å². The zero-order valence-electron chi connectivity index (χ0n) is 11.8. The van der Waals surface area contributed by atoms with Crippen molar-refractivity contribution in [1.82, 2.24) is 4.98 Å². The van der Waals surface area contributed by atoms with Gasteiger partial charge >= 0.3 is 0 Å². The van der Waals surface area contributed by atoms with Crippen LogP contribution in [0.3, 0.4) is 0 Å². The number of carbonyl (C=O) groups is 1. The Kier molecular flexibility index (Phi) is 4.36. The summed E-state index contributed by atoms with van der Waals surface area (Å²) in [6.45, 7) is 2.01. The van der Waals surface area contributed by atoms with Crippen molar-refractivity contribution in [3.05, 3.63) is 69.5 Å². The Morgan fingerprint density at radius 1 is 1.09 bits per heavy atom. The Bertz CT molecular complexity index is 815. The summed E-state index contributed by atoms with van der Waals surface area (Å²) >= 11 is 4.87. The van der Waals surface area contributed by atoms with Crippen LogP contribution >= 0.6 is 27.3 Å². The number of carbonyl (C=O) groups excluding carboxylic acids is 1. The maximum atomic E-state index is 12.3. The van der Waals surface area contributed by atoms with E-state index in [1.165, 1.54) is 11.3 Å². The van der Waals surface area contributed by atoms with E-state index in [9.17, 15) is 4.79 Å². The van der Waals surface area contributed by atoms with Crippen molar-refractivity contribution in [1.29, 1.82) is 0 Å². The lowest BCUT2D eigenvalue weighted by atomic mass is 10.1. The molecule has 0 radical (unpaired) electrons. The molecular weight excluding hydrogens is 360 g/mol. The first-order valence-electron chi connectivity index (χ1n) is 6.74. The third kappa shape index (κ3) is 3.10. The Morgan fingerprint density at radius 2 is 1.77 bits per heavy atom. The average molecular weight is 373 g/mol. The van der Waals surface area contributed by atoms with Crippen LogP contribution in [0.15, 0.2) is 59.1 Å². The highest BCUT2D eigenvalue weighted by Gasteiger charge is 2.14. The van der Waals surface area contributed by atoms with Crippen LogP contribution in [0.2, 0.25) is 0 Å². The number of benzene rings is 2. The largest absolute Gasteiger partial charge is 0.298 e. The molecule has 0 aliphatic heterocycles. The van der Waals surface area contributed by atoms with Crippen molar-refractivity contribution in [3.8, 4) is 11.3 Å². The summed E-state index contributed by atoms with van der Waals surface area (Å²) in [7, 11) is 0. The summed E-state index contributed by atoms with van der Waals surface area (Å²) in [5.74, 6) is -0.166. The second kappa shape index (κ2) is 6.42. The maximum Gasteiger partial charge on any atom is 0.258 e. The lowest BCUT2D eigenvalue weighted by Crippen LogP contribution is -2.12. The van der Waals surface area contributed by atoms with Gasteiger partial charge in [0.2, 0.25) is 0 Å². The third-order valence-corrected chi connectivity index (χ3v) is 4.76. The van der Waals surface area contributed by atoms with Gasteiger partial charge in [-0.15, -0.1) is 11.3 Å². The molecule has 110 valence electrons. The topological polar surface area (TPSA) is 42.0 Å². The number of amides is 1.